The number of aryl methyl sites for hydroxylation is 2. The van der Waals surface area contributed by atoms with Gasteiger partial charge in [0.05, 0.1) is 22.8 Å². The van der Waals surface area contributed by atoms with Crippen molar-refractivity contribution in [1.29, 1.82) is 0 Å². The maximum Gasteiger partial charge on any atom is 0.145 e. The Balaban J connectivity index is 1.95. The topological polar surface area (TPSA) is 46.9 Å². The third kappa shape index (κ3) is 3.34. The van der Waals surface area contributed by atoms with E-state index in [0.717, 1.165) is 40.1 Å². The zero-order valence-corrected chi connectivity index (χ0v) is 16.2. The highest BCUT2D eigenvalue weighted by atomic mass is 35.5. The summed E-state index contributed by atoms with van der Waals surface area (Å²) in [4.78, 5) is 12.8. The first-order valence-corrected chi connectivity index (χ1v) is 9.08. The van der Waals surface area contributed by atoms with Crippen molar-refractivity contribution >= 4 is 17.4 Å². The Labute approximate surface area is 159 Å². The molecule has 1 aromatic heterocycles. The number of nitrogens with one attached hydrogen (secondary N) is 1. The number of carbonyl (C=O) groups excluding carboxylic acids is 1. The number of allylic oxidation sites excluding steroid dienone is 2. The normalized spacial score (nSPS) is 19.8. The molecule has 136 valence electrons. The van der Waals surface area contributed by atoms with Crippen LogP contribution in [0.15, 0.2) is 49.0 Å². The fourth-order valence-corrected chi connectivity index (χ4v) is 4.00. The number of hydrogen-bond donors (Lipinski definition) is 1. The zero-order chi connectivity index (χ0) is 19.0. The maximum absolute atomic E-state index is 12.8. The summed E-state index contributed by atoms with van der Waals surface area (Å²) in [6, 6.07) is 4.10. The van der Waals surface area contributed by atoms with E-state index in [1.165, 1.54) is 0 Å². The number of benzene rings is 1. The molecular weight excluding hydrogens is 346 g/mol. The van der Waals surface area contributed by atoms with E-state index < -0.39 is 0 Å². The van der Waals surface area contributed by atoms with Gasteiger partial charge in [-0.05, 0) is 55.0 Å². The fourth-order valence-electron chi connectivity index (χ4n) is 3.86. The number of Topliss-reactive ketones (excluding diaryl/α,β-unsaturated/α-hetero) is 1. The molecule has 0 saturated heterocycles. The quantitative estimate of drug-likeness (QED) is 0.789. The molecule has 0 bridgehead atoms. The SMILES string of the molecule is C=C(CC1CC(=O)C(c2c(C)cc(-n3cc(Cl)cn3)cc2C)C1=C)NC. The van der Waals surface area contributed by atoms with Crippen LogP contribution in [0.25, 0.3) is 5.69 Å². The average molecular weight is 370 g/mol. The Morgan fingerprint density at radius 1 is 1.38 bits per heavy atom. The van der Waals surface area contributed by atoms with Gasteiger partial charge in [0.25, 0.3) is 0 Å². The van der Waals surface area contributed by atoms with E-state index in [2.05, 4.69) is 23.6 Å². The van der Waals surface area contributed by atoms with E-state index in [1.807, 2.05) is 33.0 Å². The van der Waals surface area contributed by atoms with Crippen molar-refractivity contribution in [3.05, 3.63) is 70.7 Å². The molecule has 2 aromatic rings. The molecule has 1 aromatic carbocycles. The smallest absolute Gasteiger partial charge is 0.145 e. The minimum atomic E-state index is -0.236. The van der Waals surface area contributed by atoms with Crippen molar-refractivity contribution in [2.75, 3.05) is 7.05 Å². The molecule has 3 rings (SSSR count). The number of rotatable bonds is 5. The second-order valence-corrected chi connectivity index (χ2v) is 7.47. The van der Waals surface area contributed by atoms with Gasteiger partial charge in [-0.15, -0.1) is 0 Å². The molecule has 26 heavy (non-hydrogen) atoms. The van der Waals surface area contributed by atoms with Crippen LogP contribution in [-0.2, 0) is 4.79 Å². The van der Waals surface area contributed by atoms with Crippen molar-refractivity contribution in [1.82, 2.24) is 15.1 Å². The van der Waals surface area contributed by atoms with Gasteiger partial charge in [-0.3, -0.25) is 4.79 Å². The number of halogens is 1. The van der Waals surface area contributed by atoms with Crippen LogP contribution in [0, 0.1) is 19.8 Å². The molecule has 0 aliphatic heterocycles. The predicted octanol–water partition coefficient (Wildman–Crippen LogP) is 4.49. The lowest BCUT2D eigenvalue weighted by Gasteiger charge is -2.20. The summed E-state index contributed by atoms with van der Waals surface area (Å²) in [6.45, 7) is 12.3. The van der Waals surface area contributed by atoms with Crippen molar-refractivity contribution in [2.45, 2.75) is 32.6 Å². The lowest BCUT2D eigenvalue weighted by molar-refractivity contribution is -0.118. The minimum Gasteiger partial charge on any atom is -0.392 e. The van der Waals surface area contributed by atoms with E-state index in [9.17, 15) is 4.79 Å². The summed E-state index contributed by atoms with van der Waals surface area (Å²) < 4.78 is 1.75. The lowest BCUT2D eigenvalue weighted by atomic mass is 9.84. The summed E-state index contributed by atoms with van der Waals surface area (Å²) >= 11 is 5.98. The Morgan fingerprint density at radius 3 is 2.58 bits per heavy atom. The predicted molar refractivity (Wildman–Crippen MR) is 106 cm³/mol. The van der Waals surface area contributed by atoms with Crippen LogP contribution >= 0.6 is 11.6 Å². The molecule has 1 aliphatic rings. The molecule has 0 spiro atoms. The van der Waals surface area contributed by atoms with Gasteiger partial charge < -0.3 is 5.32 Å². The molecule has 1 N–H and O–H groups in total. The molecule has 0 amide bonds. The number of ketones is 1. The highest BCUT2D eigenvalue weighted by Gasteiger charge is 2.38. The minimum absolute atomic E-state index is 0.149. The summed E-state index contributed by atoms with van der Waals surface area (Å²) in [5, 5.41) is 7.92. The monoisotopic (exact) mass is 369 g/mol. The van der Waals surface area contributed by atoms with Gasteiger partial charge in [-0.2, -0.15) is 5.10 Å². The van der Waals surface area contributed by atoms with Gasteiger partial charge in [0.15, 0.2) is 0 Å². The molecule has 2 unspecified atom stereocenters. The van der Waals surface area contributed by atoms with Gasteiger partial charge in [0, 0.05) is 25.4 Å². The van der Waals surface area contributed by atoms with Crippen molar-refractivity contribution in [3.63, 3.8) is 0 Å². The average Bonchev–Trinajstić information content (AvgIpc) is 3.12. The van der Waals surface area contributed by atoms with Crippen molar-refractivity contribution < 1.29 is 4.79 Å². The molecule has 1 fully saturated rings. The van der Waals surface area contributed by atoms with Crippen LogP contribution in [-0.4, -0.2) is 22.6 Å². The highest BCUT2D eigenvalue weighted by Crippen LogP contribution is 2.44. The van der Waals surface area contributed by atoms with Gasteiger partial charge in [-0.25, -0.2) is 4.68 Å². The maximum atomic E-state index is 12.8. The van der Waals surface area contributed by atoms with E-state index in [0.29, 0.717) is 11.4 Å². The number of nitrogens with zero attached hydrogens (tertiary/aromatic N) is 2. The van der Waals surface area contributed by atoms with Gasteiger partial charge in [0.2, 0.25) is 0 Å². The Bertz CT molecular complexity index is 873. The summed E-state index contributed by atoms with van der Waals surface area (Å²) in [7, 11) is 1.86. The molecule has 5 heteroatoms. The summed E-state index contributed by atoms with van der Waals surface area (Å²) in [6.07, 6.45) is 4.66. The first-order chi connectivity index (χ1) is 12.3. The largest absolute Gasteiger partial charge is 0.392 e. The van der Waals surface area contributed by atoms with E-state index in [-0.39, 0.29) is 17.6 Å². The second kappa shape index (κ2) is 7.12. The summed E-state index contributed by atoms with van der Waals surface area (Å²) in [5.74, 6) is 0.153. The Hall–Kier alpha value is -2.33. The standard InChI is InChI=1S/C21H24ClN3O/c1-12-6-18(25-11-17(22)10-24-25)7-13(2)20(12)21-15(4)16(9-19(21)26)8-14(3)23-5/h6-7,10-11,16,21,23H,3-4,8-9H2,1-2,5H3. The van der Waals surface area contributed by atoms with Gasteiger partial charge in [-0.1, -0.05) is 30.3 Å². The second-order valence-electron chi connectivity index (χ2n) is 7.03. The van der Waals surface area contributed by atoms with Gasteiger partial charge in [0.1, 0.15) is 5.78 Å². The summed E-state index contributed by atoms with van der Waals surface area (Å²) in [5.41, 5.74) is 6.07. The molecule has 4 nitrogen and oxygen atoms in total. The molecule has 1 aliphatic carbocycles. The van der Waals surface area contributed by atoms with Crippen molar-refractivity contribution in [2.24, 2.45) is 5.92 Å². The van der Waals surface area contributed by atoms with E-state index in [1.54, 1.807) is 17.1 Å². The lowest BCUT2D eigenvalue weighted by Crippen LogP contribution is -2.12. The molecule has 1 saturated carbocycles. The zero-order valence-electron chi connectivity index (χ0n) is 15.5. The molecular formula is C21H24ClN3O. The first-order valence-electron chi connectivity index (χ1n) is 8.70. The molecule has 0 radical (unpaired) electrons. The van der Waals surface area contributed by atoms with E-state index in [4.69, 9.17) is 11.6 Å². The number of hydrogen-bond acceptors (Lipinski definition) is 3. The van der Waals surface area contributed by atoms with Gasteiger partial charge >= 0.3 is 0 Å². The Morgan fingerprint density at radius 2 is 2.04 bits per heavy atom. The van der Waals surface area contributed by atoms with Crippen LogP contribution in [0.2, 0.25) is 5.02 Å². The van der Waals surface area contributed by atoms with Crippen LogP contribution in [0.1, 0.15) is 35.4 Å². The van der Waals surface area contributed by atoms with E-state index >= 15 is 0 Å². The molecule has 2 atom stereocenters. The Kier molecular flexibility index (Phi) is 5.05. The number of aromatic nitrogens is 2. The first kappa shape index (κ1) is 18.5. The highest BCUT2D eigenvalue weighted by molar-refractivity contribution is 6.30. The molecule has 1 heterocycles. The fraction of sp³-hybridized carbons (Fsp3) is 0.333. The van der Waals surface area contributed by atoms with Crippen LogP contribution in [0.5, 0.6) is 0 Å². The third-order valence-corrected chi connectivity index (χ3v) is 5.39. The third-order valence-electron chi connectivity index (χ3n) is 5.19. The van der Waals surface area contributed by atoms with Crippen molar-refractivity contribution in [3.8, 4) is 5.69 Å². The van der Waals surface area contributed by atoms with Crippen LogP contribution in [0.4, 0.5) is 0 Å². The van der Waals surface area contributed by atoms with Crippen LogP contribution in [0.3, 0.4) is 0 Å². The van der Waals surface area contributed by atoms with Crippen LogP contribution < -0.4 is 5.32 Å². The number of carbonyl (C=O) groups is 1.